The Bertz CT molecular complexity index is 404. The summed E-state index contributed by atoms with van der Waals surface area (Å²) < 4.78 is 4.95. The van der Waals surface area contributed by atoms with Crippen LogP contribution in [0.4, 0.5) is 10.5 Å². The lowest BCUT2D eigenvalue weighted by atomic mass is 10.2. The van der Waals surface area contributed by atoms with Crippen molar-refractivity contribution in [2.75, 3.05) is 26.0 Å². The number of rotatable bonds is 5. The number of anilines is 1. The molecule has 3 N–H and O–H groups in total. The van der Waals surface area contributed by atoms with E-state index < -0.39 is 6.09 Å². The minimum atomic E-state index is -0.615. The molecule has 0 fully saturated rings. The summed E-state index contributed by atoms with van der Waals surface area (Å²) in [5, 5.41) is 7.72. The standard InChI is InChI=1S/C12H17N3O3/c1-13-10-5-3-9(4-6-10)8-18-12(17)15-7-11(16)14-2/h3-6,13H,7-8H2,1-2H3,(H,14,16)(H,15,17). The first-order valence-corrected chi connectivity index (χ1v) is 5.53. The molecule has 0 bridgehead atoms. The number of amides is 2. The molecule has 0 heterocycles. The van der Waals surface area contributed by atoms with Gasteiger partial charge < -0.3 is 20.7 Å². The van der Waals surface area contributed by atoms with Gasteiger partial charge in [-0.15, -0.1) is 0 Å². The van der Waals surface area contributed by atoms with Gasteiger partial charge in [-0.1, -0.05) is 12.1 Å². The molecule has 6 nitrogen and oxygen atoms in total. The Kier molecular flexibility index (Phi) is 5.50. The summed E-state index contributed by atoms with van der Waals surface area (Å²) in [6, 6.07) is 7.50. The highest BCUT2D eigenvalue weighted by atomic mass is 16.5. The van der Waals surface area contributed by atoms with Crippen molar-refractivity contribution in [2.24, 2.45) is 0 Å². The molecular formula is C12H17N3O3. The first kappa shape index (κ1) is 13.8. The lowest BCUT2D eigenvalue weighted by molar-refractivity contribution is -0.119. The predicted octanol–water partition coefficient (Wildman–Crippen LogP) is 0.700. The van der Waals surface area contributed by atoms with Crippen molar-refractivity contribution >= 4 is 17.7 Å². The van der Waals surface area contributed by atoms with Crippen LogP contribution in [-0.2, 0) is 16.1 Å². The van der Waals surface area contributed by atoms with Crippen molar-refractivity contribution in [3.63, 3.8) is 0 Å². The third kappa shape index (κ3) is 4.73. The van der Waals surface area contributed by atoms with E-state index in [0.717, 1.165) is 11.3 Å². The third-order valence-electron chi connectivity index (χ3n) is 2.28. The summed E-state index contributed by atoms with van der Waals surface area (Å²) >= 11 is 0. The van der Waals surface area contributed by atoms with Gasteiger partial charge in [-0.2, -0.15) is 0 Å². The van der Waals surface area contributed by atoms with Crippen LogP contribution in [0.5, 0.6) is 0 Å². The maximum absolute atomic E-state index is 11.2. The second-order valence-corrected chi connectivity index (χ2v) is 3.55. The first-order valence-electron chi connectivity index (χ1n) is 5.53. The van der Waals surface area contributed by atoms with Gasteiger partial charge in [-0.05, 0) is 17.7 Å². The molecule has 0 aliphatic heterocycles. The fraction of sp³-hybridized carbons (Fsp3) is 0.333. The van der Waals surface area contributed by atoms with Crippen LogP contribution >= 0.6 is 0 Å². The largest absolute Gasteiger partial charge is 0.445 e. The molecule has 0 atom stereocenters. The van der Waals surface area contributed by atoms with Crippen LogP contribution in [0, 0.1) is 0 Å². The Labute approximate surface area is 106 Å². The maximum Gasteiger partial charge on any atom is 0.407 e. The van der Waals surface area contributed by atoms with Crippen molar-refractivity contribution in [1.29, 1.82) is 0 Å². The van der Waals surface area contributed by atoms with E-state index in [2.05, 4.69) is 16.0 Å². The van der Waals surface area contributed by atoms with E-state index in [-0.39, 0.29) is 19.1 Å². The van der Waals surface area contributed by atoms with Gasteiger partial charge in [-0.3, -0.25) is 4.79 Å². The summed E-state index contributed by atoms with van der Waals surface area (Å²) in [5.41, 5.74) is 1.87. The van der Waals surface area contributed by atoms with E-state index in [1.54, 1.807) is 0 Å². The van der Waals surface area contributed by atoms with Crippen molar-refractivity contribution in [2.45, 2.75) is 6.61 Å². The fourth-order valence-electron chi connectivity index (χ4n) is 1.21. The van der Waals surface area contributed by atoms with E-state index in [1.807, 2.05) is 31.3 Å². The van der Waals surface area contributed by atoms with Crippen LogP contribution in [0.2, 0.25) is 0 Å². The van der Waals surface area contributed by atoms with Crippen LogP contribution in [0.1, 0.15) is 5.56 Å². The van der Waals surface area contributed by atoms with Gasteiger partial charge >= 0.3 is 6.09 Å². The SMILES string of the molecule is CNC(=O)CNC(=O)OCc1ccc(NC)cc1. The molecule has 98 valence electrons. The van der Waals surface area contributed by atoms with Crippen LogP contribution < -0.4 is 16.0 Å². The average molecular weight is 251 g/mol. The Morgan fingerprint density at radius 1 is 1.17 bits per heavy atom. The molecule has 0 saturated heterocycles. The molecule has 1 aromatic carbocycles. The van der Waals surface area contributed by atoms with Crippen LogP contribution in [0.3, 0.4) is 0 Å². The van der Waals surface area contributed by atoms with Crippen molar-refractivity contribution < 1.29 is 14.3 Å². The zero-order valence-electron chi connectivity index (χ0n) is 10.4. The average Bonchev–Trinajstić information content (AvgIpc) is 2.42. The van der Waals surface area contributed by atoms with Crippen LogP contribution in [0.25, 0.3) is 0 Å². The number of benzene rings is 1. The minimum absolute atomic E-state index is 0.0893. The molecule has 2 amide bonds. The summed E-state index contributed by atoms with van der Waals surface area (Å²) in [6.45, 7) is 0.0809. The van der Waals surface area contributed by atoms with Gasteiger partial charge in [0.2, 0.25) is 5.91 Å². The number of alkyl carbamates (subject to hydrolysis) is 1. The molecule has 0 unspecified atom stereocenters. The van der Waals surface area contributed by atoms with Crippen LogP contribution in [-0.4, -0.2) is 32.6 Å². The molecule has 6 heteroatoms. The minimum Gasteiger partial charge on any atom is -0.445 e. The number of ether oxygens (including phenoxy) is 1. The molecule has 1 rings (SSSR count). The summed E-state index contributed by atoms with van der Waals surface area (Å²) in [4.78, 5) is 22.1. The fourth-order valence-corrected chi connectivity index (χ4v) is 1.21. The Balaban J connectivity index is 2.31. The number of carbonyl (C=O) groups is 2. The van der Waals surface area contributed by atoms with E-state index in [1.165, 1.54) is 7.05 Å². The molecule has 1 aromatic rings. The van der Waals surface area contributed by atoms with Gasteiger partial charge in [0.05, 0.1) is 6.54 Å². The van der Waals surface area contributed by atoms with Crippen molar-refractivity contribution in [3.05, 3.63) is 29.8 Å². The van der Waals surface area contributed by atoms with Crippen molar-refractivity contribution in [1.82, 2.24) is 10.6 Å². The molecule has 0 aromatic heterocycles. The van der Waals surface area contributed by atoms with Gasteiger partial charge in [0, 0.05) is 19.8 Å². The van der Waals surface area contributed by atoms with Crippen LogP contribution in [0.15, 0.2) is 24.3 Å². The number of carbonyl (C=O) groups excluding carboxylic acids is 2. The smallest absolute Gasteiger partial charge is 0.407 e. The molecule has 0 aliphatic carbocycles. The Hall–Kier alpha value is -2.24. The summed E-state index contributed by atoms with van der Waals surface area (Å²) in [6.07, 6.45) is -0.615. The lowest BCUT2D eigenvalue weighted by Crippen LogP contribution is -2.35. The van der Waals surface area contributed by atoms with Gasteiger partial charge in [-0.25, -0.2) is 4.79 Å². The quantitative estimate of drug-likeness (QED) is 0.719. The maximum atomic E-state index is 11.2. The monoisotopic (exact) mass is 251 g/mol. The summed E-state index contributed by atoms with van der Waals surface area (Å²) in [7, 11) is 3.33. The van der Waals surface area contributed by atoms with Crippen molar-refractivity contribution in [3.8, 4) is 0 Å². The number of nitrogens with one attached hydrogen (secondary N) is 3. The molecule has 0 spiro atoms. The highest BCUT2D eigenvalue weighted by Crippen LogP contribution is 2.09. The topological polar surface area (TPSA) is 79.5 Å². The molecule has 0 aliphatic rings. The van der Waals surface area contributed by atoms with E-state index in [0.29, 0.717) is 0 Å². The third-order valence-corrected chi connectivity index (χ3v) is 2.28. The van der Waals surface area contributed by atoms with Gasteiger partial charge in [0.15, 0.2) is 0 Å². The zero-order chi connectivity index (χ0) is 13.4. The molecule has 0 saturated carbocycles. The normalized spacial score (nSPS) is 9.44. The van der Waals surface area contributed by atoms with E-state index in [9.17, 15) is 9.59 Å². The predicted molar refractivity (Wildman–Crippen MR) is 68.2 cm³/mol. The first-order chi connectivity index (χ1) is 8.65. The zero-order valence-corrected chi connectivity index (χ0v) is 10.4. The molecular weight excluding hydrogens is 234 g/mol. The van der Waals surface area contributed by atoms with E-state index >= 15 is 0 Å². The van der Waals surface area contributed by atoms with Gasteiger partial charge in [0.1, 0.15) is 6.61 Å². The highest BCUT2D eigenvalue weighted by Gasteiger charge is 2.04. The lowest BCUT2D eigenvalue weighted by Gasteiger charge is -2.07. The van der Waals surface area contributed by atoms with Gasteiger partial charge in [0.25, 0.3) is 0 Å². The Morgan fingerprint density at radius 2 is 1.83 bits per heavy atom. The number of hydrogen-bond donors (Lipinski definition) is 3. The highest BCUT2D eigenvalue weighted by molar-refractivity contribution is 5.81. The second-order valence-electron chi connectivity index (χ2n) is 3.55. The Morgan fingerprint density at radius 3 is 2.39 bits per heavy atom. The molecule has 18 heavy (non-hydrogen) atoms. The molecule has 0 radical (unpaired) electrons. The second kappa shape index (κ2) is 7.16. The number of hydrogen-bond acceptors (Lipinski definition) is 4. The number of likely N-dealkylation sites (N-methyl/N-ethyl adjacent to an activating group) is 1. The summed E-state index contributed by atoms with van der Waals surface area (Å²) in [5.74, 6) is -0.273. The van der Waals surface area contributed by atoms with E-state index in [4.69, 9.17) is 4.74 Å².